The molecule has 0 unspecified atom stereocenters. The third-order valence-corrected chi connectivity index (χ3v) is 3.26. The van der Waals surface area contributed by atoms with E-state index in [1.54, 1.807) is 0 Å². The van der Waals surface area contributed by atoms with Crippen LogP contribution in [0.1, 0.15) is 11.3 Å². The molecule has 0 radical (unpaired) electrons. The summed E-state index contributed by atoms with van der Waals surface area (Å²) >= 11 is 6.06. The van der Waals surface area contributed by atoms with Crippen LogP contribution in [-0.4, -0.2) is 23.9 Å². The second-order valence-electron chi connectivity index (χ2n) is 4.82. The van der Waals surface area contributed by atoms with Gasteiger partial charge in [-0.15, -0.1) is 0 Å². The first kappa shape index (κ1) is 13.7. The third-order valence-electron chi connectivity index (χ3n) is 3.02. The van der Waals surface area contributed by atoms with Gasteiger partial charge in [-0.1, -0.05) is 11.6 Å². The maximum atomic E-state index is 6.06. The van der Waals surface area contributed by atoms with E-state index in [4.69, 9.17) is 11.6 Å². The molecule has 0 saturated heterocycles. The minimum atomic E-state index is 0.732. The third kappa shape index (κ3) is 3.20. The van der Waals surface area contributed by atoms with Crippen molar-refractivity contribution in [3.8, 4) is 0 Å². The summed E-state index contributed by atoms with van der Waals surface area (Å²) in [5.74, 6) is 0. The molecule has 1 N–H and O–H groups in total. The fraction of sp³-hybridized carbons (Fsp3) is 0.357. The Hall–Kier alpha value is -1.68. The average molecular weight is 279 g/mol. The van der Waals surface area contributed by atoms with Gasteiger partial charge in [-0.2, -0.15) is 5.10 Å². The van der Waals surface area contributed by atoms with Gasteiger partial charge in [0.15, 0.2) is 0 Å². The van der Waals surface area contributed by atoms with Crippen LogP contribution in [0.15, 0.2) is 24.4 Å². The van der Waals surface area contributed by atoms with Crippen molar-refractivity contribution >= 4 is 23.0 Å². The molecule has 0 amide bonds. The van der Waals surface area contributed by atoms with Gasteiger partial charge < -0.3 is 10.2 Å². The minimum absolute atomic E-state index is 0.732. The van der Waals surface area contributed by atoms with E-state index in [1.165, 1.54) is 5.56 Å². The van der Waals surface area contributed by atoms with Gasteiger partial charge in [-0.05, 0) is 25.1 Å². The summed E-state index contributed by atoms with van der Waals surface area (Å²) in [5, 5.41) is 8.50. The number of hydrogen-bond donors (Lipinski definition) is 1. The average Bonchev–Trinajstić information content (AvgIpc) is 2.65. The topological polar surface area (TPSA) is 33.1 Å². The SMILES string of the molecule is Cc1nn(C)cc1CNc1cc(Cl)ccc1N(C)C. The van der Waals surface area contributed by atoms with Crippen LogP contribution in [0.2, 0.25) is 5.02 Å². The van der Waals surface area contributed by atoms with E-state index < -0.39 is 0 Å². The Labute approximate surface area is 119 Å². The lowest BCUT2D eigenvalue weighted by Crippen LogP contribution is -2.12. The van der Waals surface area contributed by atoms with Crippen LogP contribution in [0.4, 0.5) is 11.4 Å². The number of rotatable bonds is 4. The van der Waals surface area contributed by atoms with Crippen LogP contribution in [0.3, 0.4) is 0 Å². The molecular formula is C14H19ClN4. The van der Waals surface area contributed by atoms with Gasteiger partial charge in [0.05, 0.1) is 17.1 Å². The molecule has 1 aromatic heterocycles. The lowest BCUT2D eigenvalue weighted by atomic mass is 10.2. The van der Waals surface area contributed by atoms with Gasteiger partial charge in [0.1, 0.15) is 0 Å². The number of benzene rings is 1. The second-order valence-corrected chi connectivity index (χ2v) is 5.26. The molecule has 0 fully saturated rings. The van der Waals surface area contributed by atoms with Gasteiger partial charge in [0.2, 0.25) is 0 Å². The molecule has 2 aromatic rings. The van der Waals surface area contributed by atoms with Crippen molar-refractivity contribution in [2.75, 3.05) is 24.3 Å². The summed E-state index contributed by atoms with van der Waals surface area (Å²) in [6.45, 7) is 2.75. The highest BCUT2D eigenvalue weighted by molar-refractivity contribution is 6.31. The van der Waals surface area contributed by atoms with Crippen molar-refractivity contribution in [2.45, 2.75) is 13.5 Å². The van der Waals surface area contributed by atoms with Crippen molar-refractivity contribution in [3.63, 3.8) is 0 Å². The number of hydrogen-bond acceptors (Lipinski definition) is 3. The van der Waals surface area contributed by atoms with Crippen molar-refractivity contribution in [2.24, 2.45) is 7.05 Å². The summed E-state index contributed by atoms with van der Waals surface area (Å²) < 4.78 is 1.83. The Morgan fingerprint density at radius 1 is 1.37 bits per heavy atom. The molecule has 0 aliphatic rings. The van der Waals surface area contributed by atoms with E-state index in [9.17, 15) is 0 Å². The van der Waals surface area contributed by atoms with Gasteiger partial charge in [0, 0.05) is 44.5 Å². The molecule has 5 heteroatoms. The van der Waals surface area contributed by atoms with E-state index in [2.05, 4.69) is 15.3 Å². The number of aromatic nitrogens is 2. The molecule has 2 rings (SSSR count). The summed E-state index contributed by atoms with van der Waals surface area (Å²) in [4.78, 5) is 2.06. The first-order valence-electron chi connectivity index (χ1n) is 6.17. The largest absolute Gasteiger partial charge is 0.379 e. The Kier molecular flexibility index (Phi) is 4.00. The number of halogens is 1. The highest BCUT2D eigenvalue weighted by Gasteiger charge is 2.07. The predicted octanol–water partition coefficient (Wildman–Crippen LogP) is 3.06. The molecular weight excluding hydrogens is 260 g/mol. The lowest BCUT2D eigenvalue weighted by Gasteiger charge is -2.18. The fourth-order valence-corrected chi connectivity index (χ4v) is 2.22. The zero-order valence-electron chi connectivity index (χ0n) is 11.7. The maximum absolute atomic E-state index is 6.06. The van der Waals surface area contributed by atoms with E-state index >= 15 is 0 Å². The fourth-order valence-electron chi connectivity index (χ4n) is 2.05. The molecule has 4 nitrogen and oxygen atoms in total. The van der Waals surface area contributed by atoms with Gasteiger partial charge in [0.25, 0.3) is 0 Å². The summed E-state index contributed by atoms with van der Waals surface area (Å²) in [6.07, 6.45) is 2.03. The summed E-state index contributed by atoms with van der Waals surface area (Å²) in [6, 6.07) is 5.86. The molecule has 1 heterocycles. The first-order chi connectivity index (χ1) is 8.97. The smallest absolute Gasteiger partial charge is 0.0643 e. The van der Waals surface area contributed by atoms with Crippen LogP contribution in [-0.2, 0) is 13.6 Å². The van der Waals surface area contributed by atoms with Gasteiger partial charge in [-0.25, -0.2) is 0 Å². The molecule has 19 heavy (non-hydrogen) atoms. The second kappa shape index (κ2) is 5.53. The van der Waals surface area contributed by atoms with Crippen molar-refractivity contribution in [1.29, 1.82) is 0 Å². The van der Waals surface area contributed by atoms with Crippen LogP contribution in [0, 0.1) is 6.92 Å². The molecule has 102 valence electrons. The highest BCUT2D eigenvalue weighted by Crippen LogP contribution is 2.28. The molecule has 0 bridgehead atoms. The molecule has 0 saturated carbocycles. The minimum Gasteiger partial charge on any atom is -0.379 e. The normalized spacial score (nSPS) is 10.6. The summed E-state index contributed by atoms with van der Waals surface area (Å²) in [5.41, 5.74) is 4.38. The van der Waals surface area contributed by atoms with Crippen LogP contribution >= 0.6 is 11.6 Å². The zero-order chi connectivity index (χ0) is 14.0. The van der Waals surface area contributed by atoms with Crippen LogP contribution < -0.4 is 10.2 Å². The van der Waals surface area contributed by atoms with E-state index in [1.807, 2.05) is 57.1 Å². The number of nitrogens with zero attached hydrogens (tertiary/aromatic N) is 3. The number of aryl methyl sites for hydroxylation is 2. The Morgan fingerprint density at radius 2 is 2.11 bits per heavy atom. The van der Waals surface area contributed by atoms with Crippen LogP contribution in [0.5, 0.6) is 0 Å². The van der Waals surface area contributed by atoms with Gasteiger partial charge in [-0.3, -0.25) is 4.68 Å². The maximum Gasteiger partial charge on any atom is 0.0643 e. The zero-order valence-corrected chi connectivity index (χ0v) is 12.5. The van der Waals surface area contributed by atoms with Crippen molar-refractivity contribution in [3.05, 3.63) is 40.7 Å². The van der Waals surface area contributed by atoms with Crippen LogP contribution in [0.25, 0.3) is 0 Å². The van der Waals surface area contributed by atoms with Gasteiger partial charge >= 0.3 is 0 Å². The Morgan fingerprint density at radius 3 is 2.68 bits per heavy atom. The molecule has 0 spiro atoms. The van der Waals surface area contributed by atoms with E-state index in [-0.39, 0.29) is 0 Å². The van der Waals surface area contributed by atoms with Crippen molar-refractivity contribution in [1.82, 2.24) is 9.78 Å². The summed E-state index contributed by atoms with van der Waals surface area (Å²) in [7, 11) is 5.97. The Balaban J connectivity index is 2.19. The number of nitrogens with one attached hydrogen (secondary N) is 1. The quantitative estimate of drug-likeness (QED) is 0.933. The lowest BCUT2D eigenvalue weighted by molar-refractivity contribution is 0.756. The molecule has 0 aliphatic carbocycles. The highest BCUT2D eigenvalue weighted by atomic mass is 35.5. The monoisotopic (exact) mass is 278 g/mol. The molecule has 0 atom stereocenters. The molecule has 1 aromatic carbocycles. The Bertz CT molecular complexity index is 575. The van der Waals surface area contributed by atoms with E-state index in [0.717, 1.165) is 28.6 Å². The van der Waals surface area contributed by atoms with E-state index in [0.29, 0.717) is 0 Å². The standard InChI is InChI=1S/C14H19ClN4/c1-10-11(9-19(4)17-10)8-16-13-7-12(15)5-6-14(13)18(2)3/h5-7,9,16H,8H2,1-4H3. The van der Waals surface area contributed by atoms with Crippen molar-refractivity contribution < 1.29 is 0 Å². The first-order valence-corrected chi connectivity index (χ1v) is 6.55. The predicted molar refractivity (Wildman–Crippen MR) is 81.1 cm³/mol. The molecule has 0 aliphatic heterocycles. The number of anilines is 2.